The standard InChI is InChI=1S/C17H17ClN2O2S/c1-23-11-10-12-2-4-13(5-3-12)16(19-20-17(21)22)14-6-8-15(18)9-7-14/h2-9,20H,10-11H2,1H3,(H,21,22). The third-order valence-corrected chi connectivity index (χ3v) is 4.07. The summed E-state index contributed by atoms with van der Waals surface area (Å²) in [5.74, 6) is 1.07. The number of hydrogen-bond donors (Lipinski definition) is 2. The Balaban J connectivity index is 2.31. The third kappa shape index (κ3) is 5.30. The van der Waals surface area contributed by atoms with Crippen LogP contribution in [0.3, 0.4) is 0 Å². The number of amides is 1. The maximum Gasteiger partial charge on any atom is 0.425 e. The number of carboxylic acid groups (broad SMARTS) is 1. The van der Waals surface area contributed by atoms with Crippen LogP contribution in [-0.2, 0) is 6.42 Å². The molecule has 4 nitrogen and oxygen atoms in total. The van der Waals surface area contributed by atoms with Crippen molar-refractivity contribution in [3.05, 3.63) is 70.2 Å². The zero-order valence-electron chi connectivity index (χ0n) is 12.6. The van der Waals surface area contributed by atoms with E-state index >= 15 is 0 Å². The summed E-state index contributed by atoms with van der Waals surface area (Å²) in [4.78, 5) is 10.8. The Morgan fingerprint density at radius 1 is 1.13 bits per heavy atom. The lowest BCUT2D eigenvalue weighted by molar-refractivity contribution is 0.195. The first-order valence-electron chi connectivity index (χ1n) is 7.01. The number of nitrogens with one attached hydrogen (secondary N) is 1. The summed E-state index contributed by atoms with van der Waals surface area (Å²) in [6.45, 7) is 0. The summed E-state index contributed by atoms with van der Waals surface area (Å²) < 4.78 is 0. The van der Waals surface area contributed by atoms with E-state index in [4.69, 9.17) is 16.7 Å². The molecule has 0 aliphatic heterocycles. The Morgan fingerprint density at radius 2 is 1.70 bits per heavy atom. The molecule has 0 radical (unpaired) electrons. The number of nitrogens with zero attached hydrogens (tertiary/aromatic N) is 1. The number of carbonyl (C=O) groups is 1. The zero-order valence-corrected chi connectivity index (χ0v) is 14.2. The van der Waals surface area contributed by atoms with Crippen molar-refractivity contribution < 1.29 is 9.90 Å². The highest BCUT2D eigenvalue weighted by Gasteiger charge is 2.08. The molecule has 0 unspecified atom stereocenters. The fraction of sp³-hybridized carbons (Fsp3) is 0.176. The van der Waals surface area contributed by atoms with Crippen LogP contribution in [0.2, 0.25) is 5.02 Å². The first kappa shape index (κ1) is 17.4. The van der Waals surface area contributed by atoms with E-state index in [2.05, 4.69) is 16.8 Å². The predicted molar refractivity (Wildman–Crippen MR) is 96.8 cm³/mol. The molecule has 0 spiro atoms. The zero-order chi connectivity index (χ0) is 16.7. The van der Waals surface area contributed by atoms with Gasteiger partial charge in [0.1, 0.15) is 0 Å². The fourth-order valence-electron chi connectivity index (χ4n) is 2.06. The van der Waals surface area contributed by atoms with Gasteiger partial charge in [-0.3, -0.25) is 0 Å². The molecule has 0 fully saturated rings. The van der Waals surface area contributed by atoms with Gasteiger partial charge in [0.05, 0.1) is 5.71 Å². The lowest BCUT2D eigenvalue weighted by atomic mass is 10.0. The van der Waals surface area contributed by atoms with Crippen LogP contribution >= 0.6 is 23.4 Å². The van der Waals surface area contributed by atoms with Crippen molar-refractivity contribution >= 4 is 35.2 Å². The molecule has 6 heteroatoms. The molecule has 2 rings (SSSR count). The summed E-state index contributed by atoms with van der Waals surface area (Å²) >= 11 is 7.71. The Morgan fingerprint density at radius 3 is 2.22 bits per heavy atom. The summed E-state index contributed by atoms with van der Waals surface area (Å²) in [5, 5.41) is 13.4. The minimum Gasteiger partial charge on any atom is -0.464 e. The average molecular weight is 349 g/mol. The smallest absolute Gasteiger partial charge is 0.425 e. The summed E-state index contributed by atoms with van der Waals surface area (Å²) in [7, 11) is 0. The largest absolute Gasteiger partial charge is 0.464 e. The second-order valence-corrected chi connectivity index (χ2v) is 6.25. The second kappa shape index (κ2) is 8.60. The van der Waals surface area contributed by atoms with Crippen molar-refractivity contribution in [2.24, 2.45) is 5.10 Å². The van der Waals surface area contributed by atoms with Crippen molar-refractivity contribution in [3.63, 3.8) is 0 Å². The molecule has 1 amide bonds. The maximum absolute atomic E-state index is 10.8. The minimum atomic E-state index is -1.20. The monoisotopic (exact) mass is 348 g/mol. The van der Waals surface area contributed by atoms with Crippen LogP contribution in [0.5, 0.6) is 0 Å². The van der Waals surface area contributed by atoms with Crippen molar-refractivity contribution in [1.82, 2.24) is 5.43 Å². The van der Waals surface area contributed by atoms with Gasteiger partial charge in [-0.05, 0) is 36.1 Å². The third-order valence-electron chi connectivity index (χ3n) is 3.20. The topological polar surface area (TPSA) is 61.7 Å². The minimum absolute atomic E-state index is 0.556. The van der Waals surface area contributed by atoms with Crippen LogP contribution in [0, 0.1) is 0 Å². The van der Waals surface area contributed by atoms with Gasteiger partial charge >= 0.3 is 6.09 Å². The molecule has 0 saturated heterocycles. The average Bonchev–Trinajstić information content (AvgIpc) is 2.55. The van der Waals surface area contributed by atoms with Crippen LogP contribution in [0.15, 0.2) is 53.6 Å². The van der Waals surface area contributed by atoms with Gasteiger partial charge in [0.15, 0.2) is 0 Å². The van der Waals surface area contributed by atoms with E-state index in [0.29, 0.717) is 10.7 Å². The van der Waals surface area contributed by atoms with Gasteiger partial charge in [-0.1, -0.05) is 48.0 Å². The van der Waals surface area contributed by atoms with Gasteiger partial charge in [-0.15, -0.1) is 0 Å². The van der Waals surface area contributed by atoms with E-state index in [9.17, 15) is 4.79 Å². The number of thioether (sulfide) groups is 1. The van der Waals surface area contributed by atoms with Gasteiger partial charge < -0.3 is 5.11 Å². The predicted octanol–water partition coefficient (Wildman–Crippen LogP) is 4.27. The molecule has 120 valence electrons. The van der Waals surface area contributed by atoms with Gasteiger partial charge in [0.25, 0.3) is 0 Å². The van der Waals surface area contributed by atoms with Crippen LogP contribution in [0.4, 0.5) is 4.79 Å². The van der Waals surface area contributed by atoms with E-state index in [1.165, 1.54) is 5.56 Å². The fourth-order valence-corrected chi connectivity index (χ4v) is 2.62. The van der Waals surface area contributed by atoms with Crippen molar-refractivity contribution in [3.8, 4) is 0 Å². The lowest BCUT2D eigenvalue weighted by Crippen LogP contribution is -2.18. The van der Waals surface area contributed by atoms with Crippen molar-refractivity contribution in [2.75, 3.05) is 12.0 Å². The molecule has 2 N–H and O–H groups in total. The molecule has 2 aromatic rings. The molecule has 23 heavy (non-hydrogen) atoms. The van der Waals surface area contributed by atoms with Gasteiger partial charge in [0.2, 0.25) is 0 Å². The molecule has 0 atom stereocenters. The van der Waals surface area contributed by atoms with Gasteiger partial charge in [-0.25, -0.2) is 10.2 Å². The molecule has 0 saturated carbocycles. The van der Waals surface area contributed by atoms with Crippen molar-refractivity contribution in [2.45, 2.75) is 6.42 Å². The lowest BCUT2D eigenvalue weighted by Gasteiger charge is -2.08. The van der Waals surface area contributed by atoms with E-state index in [0.717, 1.165) is 23.3 Å². The molecule has 0 aromatic heterocycles. The number of aryl methyl sites for hydroxylation is 1. The first-order chi connectivity index (χ1) is 11.1. The highest BCUT2D eigenvalue weighted by atomic mass is 35.5. The first-order valence-corrected chi connectivity index (χ1v) is 8.78. The SMILES string of the molecule is CSCCc1ccc(C(=NNC(=O)O)c2ccc(Cl)cc2)cc1. The highest BCUT2D eigenvalue weighted by Crippen LogP contribution is 2.16. The molecular weight excluding hydrogens is 332 g/mol. The van der Waals surface area contributed by atoms with E-state index in [1.54, 1.807) is 23.9 Å². The maximum atomic E-state index is 10.8. The van der Waals surface area contributed by atoms with E-state index < -0.39 is 6.09 Å². The van der Waals surface area contributed by atoms with Crippen LogP contribution in [0.1, 0.15) is 16.7 Å². The Bertz CT molecular complexity index is 685. The quantitative estimate of drug-likeness (QED) is 0.605. The van der Waals surface area contributed by atoms with Crippen LogP contribution < -0.4 is 5.43 Å². The molecule has 2 aromatic carbocycles. The van der Waals surface area contributed by atoms with E-state index in [-0.39, 0.29) is 0 Å². The number of benzene rings is 2. The van der Waals surface area contributed by atoms with Gasteiger partial charge in [0, 0.05) is 16.1 Å². The Hall–Kier alpha value is -1.98. The number of hydrazone groups is 1. The summed E-state index contributed by atoms with van der Waals surface area (Å²) in [6.07, 6.45) is 1.88. The second-order valence-electron chi connectivity index (χ2n) is 4.82. The molecular formula is C17H17ClN2O2S. The highest BCUT2D eigenvalue weighted by molar-refractivity contribution is 7.98. The van der Waals surface area contributed by atoms with Crippen molar-refractivity contribution in [1.29, 1.82) is 0 Å². The summed E-state index contributed by atoms with van der Waals surface area (Å²) in [6, 6.07) is 15.1. The van der Waals surface area contributed by atoms with Crippen LogP contribution in [-0.4, -0.2) is 28.9 Å². The molecule has 0 aliphatic carbocycles. The number of hydrogen-bond acceptors (Lipinski definition) is 3. The number of rotatable bonds is 6. The molecule has 0 bridgehead atoms. The molecule has 0 heterocycles. The molecule has 0 aliphatic rings. The van der Waals surface area contributed by atoms with Crippen LogP contribution in [0.25, 0.3) is 0 Å². The number of halogens is 1. The Kier molecular flexibility index (Phi) is 6.50. The van der Waals surface area contributed by atoms with Gasteiger partial charge in [-0.2, -0.15) is 16.9 Å². The van der Waals surface area contributed by atoms with E-state index in [1.807, 2.05) is 36.4 Å². The Labute approximate surface area is 144 Å². The summed E-state index contributed by atoms with van der Waals surface area (Å²) in [5.41, 5.74) is 5.50. The normalized spacial score (nSPS) is 11.3.